The van der Waals surface area contributed by atoms with E-state index in [1.54, 1.807) is 0 Å². The maximum atomic E-state index is 13.0. The second kappa shape index (κ2) is 6.15. The predicted octanol–water partition coefficient (Wildman–Crippen LogP) is 3.00. The fraction of sp³-hybridized carbons (Fsp3) is 0.333. The highest BCUT2D eigenvalue weighted by molar-refractivity contribution is 7.18. The van der Waals surface area contributed by atoms with E-state index in [2.05, 4.69) is 17.2 Å². The van der Waals surface area contributed by atoms with Gasteiger partial charge in [0, 0.05) is 10.4 Å². The van der Waals surface area contributed by atoms with E-state index in [1.165, 1.54) is 40.5 Å². The summed E-state index contributed by atoms with van der Waals surface area (Å²) in [6, 6.07) is 5.26. The highest BCUT2D eigenvalue weighted by atomic mass is 32.1. The van der Waals surface area contributed by atoms with Gasteiger partial charge in [-0.05, 0) is 55.0 Å². The lowest BCUT2D eigenvalue weighted by atomic mass is 9.89. The zero-order valence-corrected chi connectivity index (χ0v) is 14.5. The number of carbonyl (C=O) groups is 1. The molecule has 3 aromatic rings. The van der Waals surface area contributed by atoms with Crippen molar-refractivity contribution in [2.45, 2.75) is 32.7 Å². The molecule has 0 spiro atoms. The molecule has 0 saturated heterocycles. The number of hydrogen-bond acceptors (Lipinski definition) is 5. The third kappa shape index (κ3) is 2.89. The molecule has 0 saturated carbocycles. The number of thiophene rings is 1. The van der Waals surface area contributed by atoms with E-state index in [-0.39, 0.29) is 17.9 Å². The molecule has 5 nitrogen and oxygen atoms in total. The SMILES string of the molecule is CC1CCc2c(sc3nnn(CC(=O)c4ccc(F)cc4)c(=O)c23)C1. The van der Waals surface area contributed by atoms with Crippen LogP contribution in [-0.4, -0.2) is 20.8 Å². The van der Waals surface area contributed by atoms with E-state index in [9.17, 15) is 14.0 Å². The first-order valence-corrected chi connectivity index (χ1v) is 9.01. The third-order valence-electron chi connectivity index (χ3n) is 4.64. The summed E-state index contributed by atoms with van der Waals surface area (Å²) in [5, 5.41) is 8.68. The van der Waals surface area contributed by atoms with Gasteiger partial charge in [-0.1, -0.05) is 12.1 Å². The molecule has 0 N–H and O–H groups in total. The van der Waals surface area contributed by atoms with Crippen molar-refractivity contribution >= 4 is 27.3 Å². The lowest BCUT2D eigenvalue weighted by molar-refractivity contribution is 0.0964. The number of aryl methyl sites for hydroxylation is 1. The summed E-state index contributed by atoms with van der Waals surface area (Å²) in [5.74, 6) is -0.0988. The highest BCUT2D eigenvalue weighted by Gasteiger charge is 2.24. The van der Waals surface area contributed by atoms with Crippen LogP contribution in [0, 0.1) is 11.7 Å². The summed E-state index contributed by atoms with van der Waals surface area (Å²) in [7, 11) is 0. The number of hydrogen-bond donors (Lipinski definition) is 0. The van der Waals surface area contributed by atoms with E-state index in [4.69, 9.17) is 0 Å². The van der Waals surface area contributed by atoms with E-state index >= 15 is 0 Å². The van der Waals surface area contributed by atoms with Crippen LogP contribution in [0.15, 0.2) is 29.1 Å². The Morgan fingerprint density at radius 2 is 2.12 bits per heavy atom. The van der Waals surface area contributed by atoms with Crippen molar-refractivity contribution in [2.75, 3.05) is 0 Å². The molecule has 1 unspecified atom stereocenters. The minimum Gasteiger partial charge on any atom is -0.292 e. The summed E-state index contributed by atoms with van der Waals surface area (Å²) in [6.07, 6.45) is 2.88. The summed E-state index contributed by atoms with van der Waals surface area (Å²) >= 11 is 1.53. The molecule has 0 bridgehead atoms. The molecule has 1 aromatic carbocycles. The molecule has 0 radical (unpaired) electrons. The van der Waals surface area contributed by atoms with Gasteiger partial charge < -0.3 is 0 Å². The number of Topliss-reactive ketones (excluding diaryl/α,β-unsaturated/α-hetero) is 1. The van der Waals surface area contributed by atoms with Crippen molar-refractivity contribution in [1.82, 2.24) is 15.0 Å². The van der Waals surface area contributed by atoms with Crippen LogP contribution in [0.5, 0.6) is 0 Å². The van der Waals surface area contributed by atoms with Crippen LogP contribution >= 0.6 is 11.3 Å². The molecule has 0 amide bonds. The Labute approximate surface area is 147 Å². The van der Waals surface area contributed by atoms with Gasteiger partial charge in [0.15, 0.2) is 10.6 Å². The molecular formula is C18H16FN3O2S. The van der Waals surface area contributed by atoms with E-state index in [0.29, 0.717) is 21.7 Å². The lowest BCUT2D eigenvalue weighted by Gasteiger charge is -2.17. The smallest absolute Gasteiger partial charge is 0.279 e. The van der Waals surface area contributed by atoms with Gasteiger partial charge in [-0.15, -0.1) is 16.4 Å². The molecule has 7 heteroatoms. The molecule has 2 heterocycles. The second-order valence-electron chi connectivity index (χ2n) is 6.51. The first-order chi connectivity index (χ1) is 12.0. The minimum absolute atomic E-state index is 0.200. The molecule has 0 fully saturated rings. The number of fused-ring (bicyclic) bond motifs is 3. The van der Waals surface area contributed by atoms with Crippen molar-refractivity contribution in [3.63, 3.8) is 0 Å². The predicted molar refractivity (Wildman–Crippen MR) is 93.6 cm³/mol. The normalized spacial score (nSPS) is 16.8. The maximum Gasteiger partial charge on any atom is 0.279 e. The monoisotopic (exact) mass is 357 g/mol. The second-order valence-corrected chi connectivity index (χ2v) is 7.60. The van der Waals surface area contributed by atoms with Gasteiger partial charge >= 0.3 is 0 Å². The molecule has 4 rings (SSSR count). The Balaban J connectivity index is 1.71. The van der Waals surface area contributed by atoms with Crippen molar-refractivity contribution in [3.05, 3.63) is 56.4 Å². The zero-order chi connectivity index (χ0) is 17.6. The molecule has 0 aliphatic heterocycles. The third-order valence-corrected chi connectivity index (χ3v) is 5.78. The van der Waals surface area contributed by atoms with Crippen molar-refractivity contribution in [1.29, 1.82) is 0 Å². The molecular weight excluding hydrogens is 341 g/mol. The van der Waals surface area contributed by atoms with Crippen LogP contribution in [0.1, 0.15) is 34.1 Å². The number of halogens is 1. The Bertz CT molecular complexity index is 1020. The van der Waals surface area contributed by atoms with Crippen LogP contribution in [-0.2, 0) is 19.4 Å². The van der Waals surface area contributed by atoms with Crippen LogP contribution in [0.25, 0.3) is 10.2 Å². The molecule has 25 heavy (non-hydrogen) atoms. The summed E-state index contributed by atoms with van der Waals surface area (Å²) in [5.41, 5.74) is 1.14. The van der Waals surface area contributed by atoms with Gasteiger partial charge in [0.25, 0.3) is 5.56 Å². The Hall–Kier alpha value is -2.41. The Morgan fingerprint density at radius 3 is 2.88 bits per heavy atom. The van der Waals surface area contributed by atoms with Gasteiger partial charge in [0.05, 0.1) is 5.39 Å². The minimum atomic E-state index is -0.408. The van der Waals surface area contributed by atoms with Crippen LogP contribution < -0.4 is 5.56 Å². The van der Waals surface area contributed by atoms with Crippen LogP contribution in [0.4, 0.5) is 4.39 Å². The largest absolute Gasteiger partial charge is 0.292 e. The first-order valence-electron chi connectivity index (χ1n) is 8.19. The molecule has 1 atom stereocenters. The van der Waals surface area contributed by atoms with Gasteiger partial charge in [0.1, 0.15) is 12.4 Å². The fourth-order valence-electron chi connectivity index (χ4n) is 3.26. The lowest BCUT2D eigenvalue weighted by Crippen LogP contribution is -2.28. The number of aromatic nitrogens is 3. The first kappa shape index (κ1) is 16.1. The number of carbonyl (C=O) groups excluding carboxylic acids is 1. The van der Waals surface area contributed by atoms with E-state index < -0.39 is 5.82 Å². The number of rotatable bonds is 3. The Morgan fingerprint density at radius 1 is 1.36 bits per heavy atom. The van der Waals surface area contributed by atoms with Crippen molar-refractivity contribution in [3.8, 4) is 0 Å². The Kier molecular flexibility index (Phi) is 3.95. The number of ketones is 1. The van der Waals surface area contributed by atoms with E-state index in [1.807, 2.05) is 0 Å². The van der Waals surface area contributed by atoms with Crippen molar-refractivity contribution < 1.29 is 9.18 Å². The summed E-state index contributed by atoms with van der Waals surface area (Å²) in [4.78, 5) is 27.0. The summed E-state index contributed by atoms with van der Waals surface area (Å²) < 4.78 is 14.1. The highest BCUT2D eigenvalue weighted by Crippen LogP contribution is 2.35. The molecule has 1 aliphatic rings. The van der Waals surface area contributed by atoms with Gasteiger partial charge in [-0.3, -0.25) is 9.59 Å². The summed E-state index contributed by atoms with van der Waals surface area (Å²) in [6.45, 7) is 2.01. The molecule has 128 valence electrons. The molecule has 1 aliphatic carbocycles. The quantitative estimate of drug-likeness (QED) is 0.676. The average molecular weight is 357 g/mol. The topological polar surface area (TPSA) is 64.8 Å². The van der Waals surface area contributed by atoms with Gasteiger partial charge in [0.2, 0.25) is 0 Å². The standard InChI is InChI=1S/C18H16FN3O2S/c1-10-2-7-13-15(8-10)25-17-16(13)18(24)22(21-20-17)9-14(23)11-3-5-12(19)6-4-11/h3-6,10H,2,7-9H2,1H3. The van der Waals surface area contributed by atoms with E-state index in [0.717, 1.165) is 29.5 Å². The van der Waals surface area contributed by atoms with Crippen LogP contribution in [0.2, 0.25) is 0 Å². The van der Waals surface area contributed by atoms with Crippen LogP contribution in [0.3, 0.4) is 0 Å². The molecule has 2 aromatic heterocycles. The zero-order valence-electron chi connectivity index (χ0n) is 13.7. The average Bonchev–Trinajstić information content (AvgIpc) is 2.96. The van der Waals surface area contributed by atoms with Crippen molar-refractivity contribution in [2.24, 2.45) is 5.92 Å². The number of nitrogens with zero attached hydrogens (tertiary/aromatic N) is 3. The van der Waals surface area contributed by atoms with Gasteiger partial charge in [-0.25, -0.2) is 9.07 Å². The fourth-order valence-corrected chi connectivity index (χ4v) is 4.58. The van der Waals surface area contributed by atoms with Gasteiger partial charge in [-0.2, -0.15) is 0 Å². The number of benzene rings is 1. The maximum absolute atomic E-state index is 13.0.